The van der Waals surface area contributed by atoms with Crippen LogP contribution in [-0.2, 0) is 6.18 Å². The highest BCUT2D eigenvalue weighted by atomic mass is 35.5. The second kappa shape index (κ2) is 8.02. The van der Waals surface area contributed by atoms with Gasteiger partial charge in [-0.05, 0) is 18.2 Å². The number of H-pyrrole nitrogens is 2. The lowest BCUT2D eigenvalue weighted by Gasteiger charge is -2.18. The molecule has 1 atom stereocenters. The molecule has 0 aliphatic heterocycles. The van der Waals surface area contributed by atoms with E-state index in [1.807, 2.05) is 4.98 Å². The Morgan fingerprint density at radius 3 is 2.77 bits per heavy atom. The quantitative estimate of drug-likeness (QED) is 0.385. The van der Waals surface area contributed by atoms with Gasteiger partial charge in [0.15, 0.2) is 5.65 Å². The highest BCUT2D eigenvalue weighted by molar-refractivity contribution is 7.99. The lowest BCUT2D eigenvalue weighted by molar-refractivity contribution is -0.137. The molecule has 0 radical (unpaired) electrons. The van der Waals surface area contributed by atoms with Crippen LogP contribution in [0.2, 0.25) is 5.02 Å². The Hall–Kier alpha value is -2.83. The average Bonchev–Trinajstić information content (AvgIpc) is 3.13. The second-order valence-electron chi connectivity index (χ2n) is 6.55. The Balaban J connectivity index is 1.80. The van der Waals surface area contributed by atoms with Gasteiger partial charge < -0.3 is 10.1 Å². The van der Waals surface area contributed by atoms with Gasteiger partial charge in [0.05, 0.1) is 45.2 Å². The molecule has 31 heavy (non-hydrogen) atoms. The number of nitrogens with one attached hydrogen (secondary N) is 2. The summed E-state index contributed by atoms with van der Waals surface area (Å²) in [5.41, 5.74) is -2.67. The Morgan fingerprint density at radius 1 is 1.29 bits per heavy atom. The monoisotopic (exact) mass is 471 g/mol. The minimum atomic E-state index is -4.82. The summed E-state index contributed by atoms with van der Waals surface area (Å²) in [7, 11) is 0. The van der Waals surface area contributed by atoms with Gasteiger partial charge in [-0.2, -0.15) is 18.3 Å². The van der Waals surface area contributed by atoms with Crippen LogP contribution >= 0.6 is 23.4 Å². The minimum absolute atomic E-state index is 0.0365. The summed E-state index contributed by atoms with van der Waals surface area (Å²) in [5, 5.41) is 13.8. The molecule has 3 aromatic heterocycles. The Bertz CT molecular complexity index is 1400. The zero-order chi connectivity index (χ0) is 22.3. The van der Waals surface area contributed by atoms with Crippen LogP contribution in [-0.4, -0.2) is 42.2 Å². The van der Waals surface area contributed by atoms with Gasteiger partial charge in [0, 0.05) is 17.3 Å². The van der Waals surface area contributed by atoms with E-state index < -0.39 is 34.1 Å². The van der Waals surface area contributed by atoms with Crippen molar-refractivity contribution in [2.45, 2.75) is 17.1 Å². The van der Waals surface area contributed by atoms with E-state index in [9.17, 15) is 27.9 Å². The SMILES string of the molecule is O=c1[nH]c(=O)c2cc(C(F)(F)F)c(Cl)c(SC[C@H](CO)n3ncc4cccnc43)c2[nH]1. The number of hydrogen-bond acceptors (Lipinski definition) is 6. The van der Waals surface area contributed by atoms with Gasteiger partial charge in [-0.25, -0.2) is 14.5 Å². The molecule has 1 aromatic carbocycles. The van der Waals surface area contributed by atoms with E-state index in [0.717, 1.165) is 17.1 Å². The zero-order valence-corrected chi connectivity index (χ0v) is 17.0. The molecule has 4 aromatic rings. The van der Waals surface area contributed by atoms with E-state index >= 15 is 0 Å². The summed E-state index contributed by atoms with van der Waals surface area (Å²) < 4.78 is 41.9. The van der Waals surface area contributed by atoms with Gasteiger partial charge in [-0.3, -0.25) is 9.78 Å². The fourth-order valence-electron chi connectivity index (χ4n) is 3.12. The number of thioether (sulfide) groups is 1. The maximum Gasteiger partial charge on any atom is 0.417 e. The van der Waals surface area contributed by atoms with Crippen LogP contribution in [0.5, 0.6) is 0 Å². The normalized spacial score (nSPS) is 13.2. The number of alkyl halides is 3. The van der Waals surface area contributed by atoms with Crippen LogP contribution in [0.25, 0.3) is 21.9 Å². The number of hydrogen-bond donors (Lipinski definition) is 3. The third kappa shape index (κ3) is 3.93. The molecular formula is C18H13ClF3N5O3S. The van der Waals surface area contributed by atoms with Gasteiger partial charge in [0.2, 0.25) is 0 Å². The van der Waals surface area contributed by atoms with Gasteiger partial charge in [0.1, 0.15) is 0 Å². The molecule has 0 aliphatic rings. The van der Waals surface area contributed by atoms with Gasteiger partial charge in [-0.1, -0.05) is 11.6 Å². The summed E-state index contributed by atoms with van der Waals surface area (Å²) in [4.78, 5) is 32.2. The first kappa shape index (κ1) is 21.4. The highest BCUT2D eigenvalue weighted by Crippen LogP contribution is 2.43. The van der Waals surface area contributed by atoms with Crippen LogP contribution < -0.4 is 11.2 Å². The van der Waals surface area contributed by atoms with Crippen molar-refractivity contribution in [2.24, 2.45) is 0 Å². The molecule has 162 valence electrons. The minimum Gasteiger partial charge on any atom is -0.394 e. The van der Waals surface area contributed by atoms with E-state index in [-0.39, 0.29) is 28.2 Å². The molecule has 0 saturated carbocycles. The van der Waals surface area contributed by atoms with Crippen LogP contribution in [0.1, 0.15) is 11.6 Å². The van der Waals surface area contributed by atoms with Crippen molar-refractivity contribution in [1.29, 1.82) is 0 Å². The molecule has 0 fully saturated rings. The lowest BCUT2D eigenvalue weighted by Crippen LogP contribution is -2.23. The molecule has 0 spiro atoms. The van der Waals surface area contributed by atoms with E-state index in [4.69, 9.17) is 11.6 Å². The van der Waals surface area contributed by atoms with E-state index in [0.29, 0.717) is 11.7 Å². The first-order valence-electron chi connectivity index (χ1n) is 8.78. The van der Waals surface area contributed by atoms with E-state index in [1.165, 1.54) is 4.68 Å². The van der Waals surface area contributed by atoms with Crippen molar-refractivity contribution in [1.82, 2.24) is 24.7 Å². The van der Waals surface area contributed by atoms with Crippen LogP contribution in [0.4, 0.5) is 13.2 Å². The summed E-state index contributed by atoms with van der Waals surface area (Å²) in [6.45, 7) is -0.383. The number of fused-ring (bicyclic) bond motifs is 2. The van der Waals surface area contributed by atoms with Crippen molar-refractivity contribution in [3.8, 4) is 0 Å². The summed E-state index contributed by atoms with van der Waals surface area (Å²) >= 11 is 6.91. The molecule has 13 heteroatoms. The lowest BCUT2D eigenvalue weighted by atomic mass is 10.1. The molecule has 8 nitrogen and oxygen atoms in total. The topological polar surface area (TPSA) is 117 Å². The molecule has 0 aliphatic carbocycles. The fraction of sp³-hybridized carbons (Fsp3) is 0.222. The van der Waals surface area contributed by atoms with Crippen molar-refractivity contribution in [2.75, 3.05) is 12.4 Å². The molecule has 0 unspecified atom stereocenters. The number of nitrogens with zero attached hydrogens (tertiary/aromatic N) is 3. The average molecular weight is 472 g/mol. The Morgan fingerprint density at radius 2 is 2.06 bits per heavy atom. The molecule has 0 amide bonds. The van der Waals surface area contributed by atoms with Gasteiger partial charge >= 0.3 is 11.9 Å². The van der Waals surface area contributed by atoms with Gasteiger partial charge in [0.25, 0.3) is 5.56 Å². The van der Waals surface area contributed by atoms with E-state index in [1.54, 1.807) is 24.5 Å². The molecular weight excluding hydrogens is 459 g/mol. The number of pyridine rings is 1. The first-order chi connectivity index (χ1) is 14.7. The number of benzene rings is 1. The Kier molecular flexibility index (Phi) is 5.54. The second-order valence-corrected chi connectivity index (χ2v) is 7.96. The van der Waals surface area contributed by atoms with Crippen LogP contribution in [0, 0.1) is 0 Å². The number of aromatic nitrogens is 5. The van der Waals surface area contributed by atoms with Crippen molar-refractivity contribution in [3.05, 3.63) is 62.0 Å². The number of rotatable bonds is 5. The zero-order valence-electron chi connectivity index (χ0n) is 15.4. The standard InChI is InChI=1S/C18H13ClF3N5O3S/c19-12-11(18(20,21)22)4-10-13(25-17(30)26-16(10)29)14(12)31-7-9(6-28)27-15-8(5-24-27)2-1-3-23-15/h1-5,9,28H,6-7H2,(H2,25,26,29,30)/t9-/m0/s1. The number of aliphatic hydroxyl groups is 1. The Labute approximate surface area is 180 Å². The first-order valence-corrected chi connectivity index (χ1v) is 10.1. The third-order valence-electron chi connectivity index (χ3n) is 4.57. The molecule has 3 heterocycles. The van der Waals surface area contributed by atoms with Gasteiger partial charge in [-0.15, -0.1) is 11.8 Å². The van der Waals surface area contributed by atoms with E-state index in [2.05, 4.69) is 15.1 Å². The maximum absolute atomic E-state index is 13.5. The predicted octanol–water partition coefficient (Wildman–Crippen LogP) is 2.96. The van der Waals surface area contributed by atoms with Crippen molar-refractivity contribution >= 4 is 45.3 Å². The van der Waals surface area contributed by atoms with Crippen LogP contribution in [0.15, 0.2) is 45.1 Å². The van der Waals surface area contributed by atoms with Crippen molar-refractivity contribution < 1.29 is 18.3 Å². The molecule has 0 bridgehead atoms. The highest BCUT2D eigenvalue weighted by Gasteiger charge is 2.36. The van der Waals surface area contributed by atoms with Crippen molar-refractivity contribution in [3.63, 3.8) is 0 Å². The van der Waals surface area contributed by atoms with Crippen LogP contribution in [0.3, 0.4) is 0 Å². The summed E-state index contributed by atoms with van der Waals surface area (Å²) in [6.07, 6.45) is -1.71. The number of aromatic amines is 2. The largest absolute Gasteiger partial charge is 0.417 e. The maximum atomic E-state index is 13.5. The summed E-state index contributed by atoms with van der Waals surface area (Å²) in [6, 6.07) is 3.44. The number of aliphatic hydroxyl groups excluding tert-OH is 1. The fourth-order valence-corrected chi connectivity index (χ4v) is 4.69. The number of halogens is 4. The predicted molar refractivity (Wildman–Crippen MR) is 110 cm³/mol. The smallest absolute Gasteiger partial charge is 0.394 e. The molecule has 3 N–H and O–H groups in total. The third-order valence-corrected chi connectivity index (χ3v) is 6.32. The summed E-state index contributed by atoms with van der Waals surface area (Å²) in [5.74, 6) is 0.0365. The molecule has 0 saturated heterocycles. The molecule has 4 rings (SSSR count).